The lowest BCUT2D eigenvalue weighted by Gasteiger charge is -2.30. The minimum atomic E-state index is 0.123. The molecule has 16 heavy (non-hydrogen) atoms. The van der Waals surface area contributed by atoms with Gasteiger partial charge in [0.05, 0.1) is 0 Å². The van der Waals surface area contributed by atoms with Crippen LogP contribution in [-0.2, 0) is 0 Å². The van der Waals surface area contributed by atoms with Gasteiger partial charge >= 0.3 is 6.03 Å². The van der Waals surface area contributed by atoms with Crippen molar-refractivity contribution < 1.29 is 4.79 Å². The predicted octanol–water partition coefficient (Wildman–Crippen LogP) is 1.32. The van der Waals surface area contributed by atoms with Crippen LogP contribution in [0.1, 0.15) is 39.0 Å². The molecule has 2 amide bonds. The second-order valence-corrected chi connectivity index (χ2v) is 4.87. The van der Waals surface area contributed by atoms with Crippen molar-refractivity contribution in [1.29, 1.82) is 0 Å². The fourth-order valence-corrected chi connectivity index (χ4v) is 2.35. The van der Waals surface area contributed by atoms with E-state index in [9.17, 15) is 4.79 Å². The Morgan fingerprint density at radius 3 is 2.75 bits per heavy atom. The van der Waals surface area contributed by atoms with Crippen molar-refractivity contribution >= 4 is 6.03 Å². The maximum atomic E-state index is 11.9. The monoisotopic (exact) mass is 225 g/mol. The molecule has 1 atom stereocenters. The number of carbonyl (C=O) groups excluding carboxylic acids is 1. The lowest BCUT2D eigenvalue weighted by Crippen LogP contribution is -2.49. The molecule has 2 fully saturated rings. The molecule has 0 aromatic carbocycles. The Kier molecular flexibility index (Phi) is 4.04. The van der Waals surface area contributed by atoms with E-state index in [1.54, 1.807) is 0 Å². The van der Waals surface area contributed by atoms with Crippen LogP contribution >= 0.6 is 0 Å². The molecule has 4 heteroatoms. The SMILES string of the molecule is CCNC(=O)N(CC1CCCCN1)C1CC1. The summed E-state index contributed by atoms with van der Waals surface area (Å²) in [5.41, 5.74) is 0. The van der Waals surface area contributed by atoms with Gasteiger partial charge in [-0.2, -0.15) is 0 Å². The maximum absolute atomic E-state index is 11.9. The molecule has 1 saturated carbocycles. The van der Waals surface area contributed by atoms with E-state index in [1.165, 1.54) is 32.1 Å². The van der Waals surface area contributed by atoms with E-state index in [4.69, 9.17) is 0 Å². The number of amides is 2. The molecule has 1 aliphatic carbocycles. The fourth-order valence-electron chi connectivity index (χ4n) is 2.35. The third kappa shape index (κ3) is 3.11. The summed E-state index contributed by atoms with van der Waals surface area (Å²) >= 11 is 0. The van der Waals surface area contributed by atoms with E-state index in [1.807, 2.05) is 11.8 Å². The van der Waals surface area contributed by atoms with Gasteiger partial charge in [-0.25, -0.2) is 4.79 Å². The summed E-state index contributed by atoms with van der Waals surface area (Å²) in [5.74, 6) is 0. The summed E-state index contributed by atoms with van der Waals surface area (Å²) in [4.78, 5) is 13.9. The van der Waals surface area contributed by atoms with E-state index in [-0.39, 0.29) is 6.03 Å². The van der Waals surface area contributed by atoms with E-state index in [0.717, 1.165) is 19.6 Å². The Morgan fingerprint density at radius 2 is 2.19 bits per heavy atom. The van der Waals surface area contributed by atoms with Gasteiger partial charge in [-0.3, -0.25) is 0 Å². The van der Waals surface area contributed by atoms with Gasteiger partial charge in [0.25, 0.3) is 0 Å². The maximum Gasteiger partial charge on any atom is 0.317 e. The Balaban J connectivity index is 1.83. The van der Waals surface area contributed by atoms with Gasteiger partial charge in [-0.15, -0.1) is 0 Å². The van der Waals surface area contributed by atoms with Crippen molar-refractivity contribution in [1.82, 2.24) is 15.5 Å². The van der Waals surface area contributed by atoms with Crippen LogP contribution in [0.2, 0.25) is 0 Å². The largest absolute Gasteiger partial charge is 0.338 e. The van der Waals surface area contributed by atoms with Gasteiger partial charge in [0.2, 0.25) is 0 Å². The van der Waals surface area contributed by atoms with Crippen LogP contribution in [0.5, 0.6) is 0 Å². The number of nitrogens with one attached hydrogen (secondary N) is 2. The molecule has 1 aliphatic heterocycles. The molecule has 1 saturated heterocycles. The molecule has 2 N–H and O–H groups in total. The number of piperidine rings is 1. The molecule has 1 heterocycles. The molecule has 0 aromatic rings. The predicted molar refractivity (Wildman–Crippen MR) is 64.4 cm³/mol. The summed E-state index contributed by atoms with van der Waals surface area (Å²) in [7, 11) is 0. The second kappa shape index (κ2) is 5.53. The van der Waals surface area contributed by atoms with Crippen molar-refractivity contribution in [3.63, 3.8) is 0 Å². The Hall–Kier alpha value is -0.770. The smallest absolute Gasteiger partial charge is 0.317 e. The van der Waals surface area contributed by atoms with Crippen LogP contribution in [0.3, 0.4) is 0 Å². The van der Waals surface area contributed by atoms with Crippen molar-refractivity contribution in [2.24, 2.45) is 0 Å². The van der Waals surface area contributed by atoms with E-state index >= 15 is 0 Å². The first kappa shape index (κ1) is 11.7. The molecule has 2 aliphatic rings. The highest BCUT2D eigenvalue weighted by molar-refractivity contribution is 5.74. The van der Waals surface area contributed by atoms with Crippen LogP contribution in [-0.4, -0.2) is 42.6 Å². The van der Waals surface area contributed by atoms with E-state index in [2.05, 4.69) is 10.6 Å². The number of urea groups is 1. The highest BCUT2D eigenvalue weighted by Gasteiger charge is 2.33. The zero-order valence-corrected chi connectivity index (χ0v) is 10.2. The van der Waals surface area contributed by atoms with Crippen LogP contribution in [0, 0.1) is 0 Å². The highest BCUT2D eigenvalue weighted by Crippen LogP contribution is 2.27. The number of rotatable bonds is 4. The first-order valence-electron chi connectivity index (χ1n) is 6.59. The van der Waals surface area contributed by atoms with Crippen LogP contribution in [0.25, 0.3) is 0 Å². The lowest BCUT2D eigenvalue weighted by atomic mass is 10.0. The average Bonchev–Trinajstić information content (AvgIpc) is 3.11. The standard InChI is InChI=1S/C12H23N3O/c1-2-13-12(16)15(11-6-7-11)9-10-5-3-4-8-14-10/h10-11,14H,2-9H2,1H3,(H,13,16). The summed E-state index contributed by atoms with van der Waals surface area (Å²) in [5, 5.41) is 6.42. The van der Waals surface area contributed by atoms with Gasteiger partial charge in [-0.05, 0) is 39.2 Å². The third-order valence-electron chi connectivity index (χ3n) is 3.41. The van der Waals surface area contributed by atoms with Crippen LogP contribution in [0.15, 0.2) is 0 Å². The fraction of sp³-hybridized carbons (Fsp3) is 0.917. The van der Waals surface area contributed by atoms with Crippen molar-refractivity contribution in [2.75, 3.05) is 19.6 Å². The van der Waals surface area contributed by atoms with Gasteiger partial charge in [0, 0.05) is 25.2 Å². The number of nitrogens with zero attached hydrogens (tertiary/aromatic N) is 1. The van der Waals surface area contributed by atoms with Gasteiger partial charge in [0.1, 0.15) is 0 Å². The van der Waals surface area contributed by atoms with Gasteiger partial charge in [0.15, 0.2) is 0 Å². The lowest BCUT2D eigenvalue weighted by molar-refractivity contribution is 0.183. The molecule has 92 valence electrons. The zero-order valence-electron chi connectivity index (χ0n) is 10.2. The second-order valence-electron chi connectivity index (χ2n) is 4.87. The van der Waals surface area contributed by atoms with Crippen molar-refractivity contribution in [3.8, 4) is 0 Å². The quantitative estimate of drug-likeness (QED) is 0.758. The summed E-state index contributed by atoms with van der Waals surface area (Å²) in [6, 6.07) is 1.14. The van der Waals surface area contributed by atoms with E-state index in [0.29, 0.717) is 12.1 Å². The minimum absolute atomic E-state index is 0.123. The van der Waals surface area contributed by atoms with Crippen molar-refractivity contribution in [3.05, 3.63) is 0 Å². The summed E-state index contributed by atoms with van der Waals surface area (Å²) < 4.78 is 0. The first-order chi connectivity index (χ1) is 7.81. The Bertz CT molecular complexity index is 234. The Labute approximate surface area is 97.8 Å². The average molecular weight is 225 g/mol. The number of hydrogen-bond acceptors (Lipinski definition) is 2. The summed E-state index contributed by atoms with van der Waals surface area (Å²) in [6.45, 7) is 4.69. The molecule has 4 nitrogen and oxygen atoms in total. The minimum Gasteiger partial charge on any atom is -0.338 e. The third-order valence-corrected chi connectivity index (χ3v) is 3.41. The molecule has 1 unspecified atom stereocenters. The zero-order chi connectivity index (χ0) is 11.4. The molecule has 2 rings (SSSR count). The number of hydrogen-bond donors (Lipinski definition) is 2. The van der Waals surface area contributed by atoms with E-state index < -0.39 is 0 Å². The van der Waals surface area contributed by atoms with Gasteiger partial charge < -0.3 is 15.5 Å². The van der Waals surface area contributed by atoms with Crippen molar-refractivity contribution in [2.45, 2.75) is 51.1 Å². The van der Waals surface area contributed by atoms with Crippen LogP contribution in [0.4, 0.5) is 4.79 Å². The summed E-state index contributed by atoms with van der Waals surface area (Å²) in [6.07, 6.45) is 6.16. The molecule has 0 radical (unpaired) electrons. The molecule has 0 bridgehead atoms. The topological polar surface area (TPSA) is 44.4 Å². The normalized spacial score (nSPS) is 25.2. The molecule has 0 aromatic heterocycles. The van der Waals surface area contributed by atoms with Gasteiger partial charge in [-0.1, -0.05) is 6.42 Å². The number of carbonyl (C=O) groups is 1. The van der Waals surface area contributed by atoms with Crippen LogP contribution < -0.4 is 10.6 Å². The highest BCUT2D eigenvalue weighted by atomic mass is 16.2. The molecule has 0 spiro atoms. The molecular formula is C12H23N3O. The molecular weight excluding hydrogens is 202 g/mol. The first-order valence-corrected chi connectivity index (χ1v) is 6.59. The Morgan fingerprint density at radius 1 is 1.38 bits per heavy atom.